The molecule has 0 saturated carbocycles. The van der Waals surface area contributed by atoms with E-state index in [1.165, 1.54) is 0 Å². The summed E-state index contributed by atoms with van der Waals surface area (Å²) >= 11 is 0. The minimum atomic E-state index is -0.833. The van der Waals surface area contributed by atoms with Crippen LogP contribution in [0.25, 0.3) is 0 Å². The van der Waals surface area contributed by atoms with Gasteiger partial charge in [-0.05, 0) is 35.4 Å². The first-order chi connectivity index (χ1) is 13.0. The fourth-order valence-corrected chi connectivity index (χ4v) is 2.33. The molecule has 0 aliphatic carbocycles. The molecular formula is C21H18AgN4O2. The van der Waals surface area contributed by atoms with Crippen LogP contribution in [-0.2, 0) is 40.3 Å². The Labute approximate surface area is 180 Å². The summed E-state index contributed by atoms with van der Waals surface area (Å²) in [5.41, 5.74) is 3.59. The maximum atomic E-state index is 9.00. The molecule has 0 saturated heterocycles. The van der Waals surface area contributed by atoms with Gasteiger partial charge in [-0.15, -0.1) is 0 Å². The van der Waals surface area contributed by atoms with Crippen LogP contribution >= 0.6 is 0 Å². The Morgan fingerprint density at radius 3 is 1.50 bits per heavy atom. The fraction of sp³-hybridized carbons (Fsp3) is 0.143. The van der Waals surface area contributed by atoms with Crippen LogP contribution in [0.4, 0.5) is 0 Å². The summed E-state index contributed by atoms with van der Waals surface area (Å²) in [6.45, 7) is 5.78. The summed E-state index contributed by atoms with van der Waals surface area (Å²) in [5, 5.41) is 25.0. The molecule has 0 amide bonds. The molecule has 0 unspecified atom stereocenters. The van der Waals surface area contributed by atoms with Gasteiger partial charge in [0.25, 0.3) is 5.97 Å². The maximum Gasteiger partial charge on any atom is 0.300 e. The van der Waals surface area contributed by atoms with E-state index in [0.29, 0.717) is 24.2 Å². The number of rotatable bonds is 4. The van der Waals surface area contributed by atoms with Crippen molar-refractivity contribution in [2.45, 2.75) is 20.0 Å². The van der Waals surface area contributed by atoms with Crippen LogP contribution < -0.4 is 0 Å². The third-order valence-electron chi connectivity index (χ3n) is 3.56. The second-order valence-electron chi connectivity index (χ2n) is 5.79. The Bertz CT molecular complexity index is 809. The van der Waals surface area contributed by atoms with Crippen molar-refractivity contribution in [1.82, 2.24) is 9.80 Å². The Hall–Kier alpha value is -3.03. The van der Waals surface area contributed by atoms with Gasteiger partial charge in [-0.1, -0.05) is 24.3 Å². The van der Waals surface area contributed by atoms with Crippen LogP contribution in [0.15, 0.2) is 60.9 Å². The minimum Gasteiger partial charge on any atom is -0.481 e. The molecule has 1 aliphatic heterocycles. The molecule has 0 spiro atoms. The summed E-state index contributed by atoms with van der Waals surface area (Å²) < 4.78 is 0. The van der Waals surface area contributed by atoms with Gasteiger partial charge < -0.3 is 14.9 Å². The fourth-order valence-electron chi connectivity index (χ4n) is 2.33. The van der Waals surface area contributed by atoms with Crippen molar-refractivity contribution >= 4 is 5.97 Å². The van der Waals surface area contributed by atoms with Gasteiger partial charge in [0.05, 0.1) is 23.3 Å². The first-order valence-corrected chi connectivity index (χ1v) is 8.15. The molecule has 3 radical (unpaired) electrons. The average molecular weight is 466 g/mol. The molecule has 3 rings (SSSR count). The van der Waals surface area contributed by atoms with E-state index in [2.05, 4.69) is 18.8 Å². The maximum absolute atomic E-state index is 9.00. The largest absolute Gasteiger partial charge is 0.481 e. The topological polar surface area (TPSA) is 91.4 Å². The first kappa shape index (κ1) is 23.0. The van der Waals surface area contributed by atoms with E-state index in [0.717, 1.165) is 18.1 Å². The van der Waals surface area contributed by atoms with Crippen LogP contribution in [0, 0.1) is 29.3 Å². The Morgan fingerprint density at radius 1 is 0.893 bits per heavy atom. The van der Waals surface area contributed by atoms with Gasteiger partial charge in [0, 0.05) is 54.8 Å². The molecule has 28 heavy (non-hydrogen) atoms. The van der Waals surface area contributed by atoms with Gasteiger partial charge in [-0.3, -0.25) is 4.79 Å². The quantitative estimate of drug-likeness (QED) is 0.696. The molecule has 145 valence electrons. The van der Waals surface area contributed by atoms with E-state index in [1.54, 1.807) is 0 Å². The third kappa shape index (κ3) is 7.69. The zero-order valence-electron chi connectivity index (χ0n) is 15.1. The SMILES string of the molecule is CC(=O)O.N#Cc1ccc(CN2[C]N(Cc3ccc(C#N)cc3)C=C2)cc1.[Ag]. The van der Waals surface area contributed by atoms with Crippen molar-refractivity contribution in [3.05, 3.63) is 89.9 Å². The van der Waals surface area contributed by atoms with Gasteiger partial charge in [0.2, 0.25) is 6.67 Å². The average Bonchev–Trinajstić information content (AvgIpc) is 3.09. The predicted molar refractivity (Wildman–Crippen MR) is 99.1 cm³/mol. The van der Waals surface area contributed by atoms with Crippen molar-refractivity contribution < 1.29 is 32.3 Å². The number of carbonyl (C=O) groups is 1. The number of carboxylic acids is 1. The number of hydrogen-bond donors (Lipinski definition) is 1. The van der Waals surface area contributed by atoms with Gasteiger partial charge in [-0.2, -0.15) is 10.5 Å². The predicted octanol–water partition coefficient (Wildman–Crippen LogP) is 3.30. The molecule has 2 aromatic carbocycles. The molecule has 1 heterocycles. The molecule has 2 aromatic rings. The number of hydrogen-bond acceptors (Lipinski definition) is 5. The molecule has 6 nitrogen and oxygen atoms in total. The Balaban J connectivity index is 0.000000717. The summed E-state index contributed by atoms with van der Waals surface area (Å²) in [5.74, 6) is -0.833. The molecule has 0 fully saturated rings. The minimum absolute atomic E-state index is 0. The van der Waals surface area contributed by atoms with E-state index in [1.807, 2.05) is 70.7 Å². The third-order valence-corrected chi connectivity index (χ3v) is 3.56. The van der Waals surface area contributed by atoms with E-state index in [9.17, 15) is 0 Å². The molecule has 7 heteroatoms. The molecular weight excluding hydrogens is 448 g/mol. The van der Waals surface area contributed by atoms with Crippen molar-refractivity contribution in [2.24, 2.45) is 0 Å². The smallest absolute Gasteiger partial charge is 0.300 e. The van der Waals surface area contributed by atoms with Crippen molar-refractivity contribution in [2.75, 3.05) is 0 Å². The van der Waals surface area contributed by atoms with Crippen molar-refractivity contribution in [1.29, 1.82) is 10.5 Å². The molecule has 0 aromatic heterocycles. The second kappa shape index (κ2) is 11.6. The summed E-state index contributed by atoms with van der Waals surface area (Å²) in [6, 6.07) is 19.4. The monoisotopic (exact) mass is 465 g/mol. The normalized spacial score (nSPS) is 11.5. The zero-order chi connectivity index (χ0) is 19.6. The number of nitrogens with zero attached hydrogens (tertiary/aromatic N) is 4. The number of carboxylic acid groups (broad SMARTS) is 1. The van der Waals surface area contributed by atoms with Crippen LogP contribution in [0.3, 0.4) is 0 Å². The van der Waals surface area contributed by atoms with Crippen LogP contribution in [-0.4, -0.2) is 20.9 Å². The van der Waals surface area contributed by atoms with Crippen molar-refractivity contribution in [3.8, 4) is 12.1 Å². The molecule has 1 N–H and O–H groups in total. The van der Waals surface area contributed by atoms with Crippen LogP contribution in [0.5, 0.6) is 0 Å². The number of nitriles is 2. The van der Waals surface area contributed by atoms with Crippen LogP contribution in [0.2, 0.25) is 0 Å². The molecule has 0 bridgehead atoms. The van der Waals surface area contributed by atoms with E-state index in [4.69, 9.17) is 20.4 Å². The summed E-state index contributed by atoms with van der Waals surface area (Å²) in [7, 11) is 0. The second-order valence-corrected chi connectivity index (χ2v) is 5.79. The molecule has 1 aliphatic rings. The first-order valence-electron chi connectivity index (χ1n) is 8.15. The number of aliphatic carboxylic acids is 1. The van der Waals surface area contributed by atoms with E-state index in [-0.39, 0.29) is 22.4 Å². The Morgan fingerprint density at radius 2 is 1.21 bits per heavy atom. The molecule has 0 atom stereocenters. The zero-order valence-corrected chi connectivity index (χ0v) is 16.6. The van der Waals surface area contributed by atoms with Gasteiger partial charge in [0.1, 0.15) is 0 Å². The summed E-state index contributed by atoms with van der Waals surface area (Å²) in [4.78, 5) is 13.0. The van der Waals surface area contributed by atoms with Gasteiger partial charge in [0.15, 0.2) is 0 Å². The number of benzene rings is 2. The van der Waals surface area contributed by atoms with E-state index >= 15 is 0 Å². The van der Waals surface area contributed by atoms with Crippen LogP contribution in [0.1, 0.15) is 29.2 Å². The Kier molecular flexibility index (Phi) is 9.56. The van der Waals surface area contributed by atoms with Gasteiger partial charge in [-0.25, -0.2) is 0 Å². The van der Waals surface area contributed by atoms with Gasteiger partial charge >= 0.3 is 0 Å². The standard InChI is InChI=1S/C19H14N4.C2H4O2.Ag/c20-11-16-1-5-18(6-2-16)13-22-9-10-23(15-22)14-19-7-3-17(12-21)4-8-19;1-2(3)4;/h1-10H,13-14H2;1H3,(H,3,4);. The summed E-state index contributed by atoms with van der Waals surface area (Å²) in [6.07, 6.45) is 3.95. The van der Waals surface area contributed by atoms with Crippen molar-refractivity contribution in [3.63, 3.8) is 0 Å². The van der Waals surface area contributed by atoms with E-state index < -0.39 is 5.97 Å².